The number of β-lactam (4-membered cyclic amide) rings is 1. The number of imide groups is 1. The number of ketones is 1. The molecule has 2 aliphatic heterocycles. The largest absolute Gasteiger partial charge is 0.508 e. The van der Waals surface area contributed by atoms with Crippen LogP contribution < -0.4 is 0 Å². The monoisotopic (exact) mass is 581 g/mol. The van der Waals surface area contributed by atoms with Crippen LogP contribution >= 0.6 is 0 Å². The molecule has 0 saturated carbocycles. The first kappa shape index (κ1) is 33.4. The second-order valence-corrected chi connectivity index (χ2v) is 16.3. The Kier molecular flexibility index (Phi) is 11.8. The number of esters is 1. The third-order valence-electron chi connectivity index (χ3n) is 7.74. The summed E-state index contributed by atoms with van der Waals surface area (Å²) in [5.41, 5.74) is 0. The summed E-state index contributed by atoms with van der Waals surface area (Å²) in [6.45, 7) is 19.5. The van der Waals surface area contributed by atoms with Crippen molar-refractivity contribution in [2.24, 2.45) is 11.8 Å². The topological polar surface area (TPSA) is 135 Å². The number of likely N-dealkylation sites (tertiary alicyclic amines) is 1. The summed E-state index contributed by atoms with van der Waals surface area (Å²) in [4.78, 5) is 64.5. The lowest BCUT2D eigenvalue weighted by Gasteiger charge is -2.50. The van der Waals surface area contributed by atoms with Crippen LogP contribution in [-0.4, -0.2) is 87.6 Å². The Bertz CT molecular complexity index is 988. The van der Waals surface area contributed by atoms with Crippen molar-refractivity contribution < 1.29 is 47.3 Å². The molecule has 40 heavy (non-hydrogen) atoms. The summed E-state index contributed by atoms with van der Waals surface area (Å²) in [5, 5.41) is 0.0675. The first-order chi connectivity index (χ1) is 18.7. The molecule has 0 radical (unpaired) electrons. The molecule has 5 atom stereocenters. The Balaban J connectivity index is 2.19. The van der Waals surface area contributed by atoms with Gasteiger partial charge in [0, 0.05) is 19.1 Å². The second kappa shape index (κ2) is 14.2. The Morgan fingerprint density at radius 3 is 2.35 bits per heavy atom. The first-order valence-corrected chi connectivity index (χ1v) is 16.5. The molecule has 0 bridgehead atoms. The molecule has 2 rings (SSSR count). The van der Waals surface area contributed by atoms with E-state index < -0.39 is 56.4 Å². The number of hydrogen-bond acceptors (Lipinski definition) is 10. The van der Waals surface area contributed by atoms with E-state index in [0.717, 1.165) is 0 Å². The second-order valence-electron chi connectivity index (χ2n) is 11.5. The number of amides is 2. The van der Waals surface area contributed by atoms with Crippen molar-refractivity contribution in [3.8, 4) is 0 Å². The normalized spacial score (nSPS) is 24.0. The Morgan fingerprint density at radius 2 is 1.75 bits per heavy atom. The summed E-state index contributed by atoms with van der Waals surface area (Å²) >= 11 is 0. The number of nitrogens with zero attached hydrogens (tertiary/aromatic N) is 1. The maximum absolute atomic E-state index is 13.6. The van der Waals surface area contributed by atoms with Crippen LogP contribution in [0.15, 0.2) is 25.3 Å². The zero-order valence-corrected chi connectivity index (χ0v) is 25.4. The van der Waals surface area contributed by atoms with Gasteiger partial charge in [-0.1, -0.05) is 46.1 Å². The Morgan fingerprint density at radius 1 is 1.12 bits per heavy atom. The van der Waals surface area contributed by atoms with E-state index in [-0.39, 0.29) is 36.6 Å². The number of carbonyl (C=O) groups excluding carboxylic acids is 5. The van der Waals surface area contributed by atoms with E-state index in [1.54, 1.807) is 0 Å². The molecule has 0 aromatic rings. The van der Waals surface area contributed by atoms with E-state index in [2.05, 4.69) is 47.0 Å². The predicted molar refractivity (Wildman–Crippen MR) is 148 cm³/mol. The van der Waals surface area contributed by atoms with Gasteiger partial charge in [-0.3, -0.25) is 19.3 Å². The lowest BCUT2D eigenvalue weighted by molar-refractivity contribution is -0.193. The van der Waals surface area contributed by atoms with Crippen molar-refractivity contribution in [3.63, 3.8) is 0 Å². The quantitative estimate of drug-likeness (QED) is 0.0840. The molecule has 2 aliphatic rings. The fraction of sp³-hybridized carbons (Fsp3) is 0.679. The first-order valence-electron chi connectivity index (χ1n) is 13.6. The van der Waals surface area contributed by atoms with Gasteiger partial charge in [0.2, 0.25) is 5.91 Å². The third-order valence-corrected chi connectivity index (χ3v) is 12.3. The average molecular weight is 582 g/mol. The van der Waals surface area contributed by atoms with Crippen LogP contribution in [0.25, 0.3) is 0 Å². The molecule has 2 amide bonds. The minimum absolute atomic E-state index is 0.0675. The van der Waals surface area contributed by atoms with E-state index in [9.17, 15) is 24.0 Å². The molecule has 0 unspecified atom stereocenters. The van der Waals surface area contributed by atoms with Crippen LogP contribution in [0.1, 0.15) is 47.0 Å². The highest BCUT2D eigenvalue weighted by molar-refractivity contribution is 6.74. The number of ether oxygens (including phenoxy) is 4. The molecule has 0 spiro atoms. The molecule has 2 fully saturated rings. The molecule has 12 heteroatoms. The molecular formula is C28H43NO10Si. The van der Waals surface area contributed by atoms with Gasteiger partial charge in [0.1, 0.15) is 25.4 Å². The van der Waals surface area contributed by atoms with Gasteiger partial charge < -0.3 is 23.4 Å². The van der Waals surface area contributed by atoms with Gasteiger partial charge in [0.15, 0.2) is 14.1 Å². The molecule has 2 heterocycles. The van der Waals surface area contributed by atoms with Gasteiger partial charge in [0.05, 0.1) is 12.0 Å². The van der Waals surface area contributed by atoms with E-state index >= 15 is 0 Å². The third kappa shape index (κ3) is 7.88. The van der Waals surface area contributed by atoms with E-state index in [0.29, 0.717) is 30.8 Å². The van der Waals surface area contributed by atoms with Crippen LogP contribution in [0, 0.1) is 11.8 Å². The van der Waals surface area contributed by atoms with E-state index in [4.69, 9.17) is 23.4 Å². The smallest absolute Gasteiger partial charge is 0.454 e. The fourth-order valence-electron chi connectivity index (χ4n) is 4.47. The van der Waals surface area contributed by atoms with E-state index in [1.165, 1.54) is 19.1 Å². The fourth-order valence-corrected chi connectivity index (χ4v) is 5.56. The summed E-state index contributed by atoms with van der Waals surface area (Å²) < 4.78 is 26.9. The maximum atomic E-state index is 13.6. The van der Waals surface area contributed by atoms with E-state index in [1.807, 2.05) is 0 Å². The SMILES string of the molecule is C=CCOC(=O)O[C@H](C)[C@H]1C(=O)N(C(=O)C(=O)OCC=C)[C@@H]1[C@H]1OCC[C@H](CCCO[Si](C)(C)C(C)(C)C)C1=O. The van der Waals surface area contributed by atoms with Gasteiger partial charge in [-0.2, -0.15) is 0 Å². The van der Waals surface area contributed by atoms with Crippen LogP contribution in [0.2, 0.25) is 18.1 Å². The summed E-state index contributed by atoms with van der Waals surface area (Å²) in [6, 6.07) is -1.16. The van der Waals surface area contributed by atoms with Gasteiger partial charge in [-0.15, -0.1) is 0 Å². The van der Waals surface area contributed by atoms with Crippen molar-refractivity contribution in [1.29, 1.82) is 0 Å². The number of hydrogen-bond donors (Lipinski definition) is 0. The number of Topliss-reactive ketones (excluding diaryl/α,β-unsaturated/α-hetero) is 1. The summed E-state index contributed by atoms with van der Waals surface area (Å²) in [5.74, 6) is -5.04. The molecule has 0 aromatic carbocycles. The highest BCUT2D eigenvalue weighted by atomic mass is 28.4. The van der Waals surface area contributed by atoms with Crippen molar-refractivity contribution >= 4 is 38.0 Å². The molecule has 224 valence electrons. The summed E-state index contributed by atoms with van der Waals surface area (Å²) in [7, 11) is -1.93. The van der Waals surface area contributed by atoms with Gasteiger partial charge in [0.25, 0.3) is 0 Å². The number of carbonyl (C=O) groups is 5. The molecular weight excluding hydrogens is 538 g/mol. The lowest BCUT2D eigenvalue weighted by Crippen LogP contribution is -2.73. The Hall–Kier alpha value is -2.83. The molecule has 0 aliphatic carbocycles. The lowest BCUT2D eigenvalue weighted by atomic mass is 9.75. The minimum atomic E-state index is -1.93. The summed E-state index contributed by atoms with van der Waals surface area (Å²) in [6.07, 6.45) is 1.03. The molecule has 11 nitrogen and oxygen atoms in total. The average Bonchev–Trinajstić information content (AvgIpc) is 2.87. The highest BCUT2D eigenvalue weighted by Crippen LogP contribution is 2.39. The number of rotatable bonds is 12. The van der Waals surface area contributed by atoms with Gasteiger partial charge in [-0.05, 0) is 44.3 Å². The standard InChI is InChI=1S/C28H43NO10Si/c1-9-14-36-26(33)25(32)29-21(20(24(29)31)18(3)39-27(34)37-15-10-2)23-22(30)19(13-17-35-23)12-11-16-38-40(7,8)28(4,5)6/h9-10,18-21,23H,1-2,11-17H2,3-8H3/t18-,19+,20-,21+,23-/m1/s1. The van der Waals surface area contributed by atoms with Crippen molar-refractivity contribution in [2.75, 3.05) is 26.4 Å². The van der Waals surface area contributed by atoms with Crippen LogP contribution in [-0.2, 0) is 42.6 Å². The van der Waals surface area contributed by atoms with Gasteiger partial charge >= 0.3 is 18.0 Å². The predicted octanol–water partition coefficient (Wildman–Crippen LogP) is 3.57. The van der Waals surface area contributed by atoms with Crippen molar-refractivity contribution in [1.82, 2.24) is 4.90 Å². The van der Waals surface area contributed by atoms with Crippen LogP contribution in [0.4, 0.5) is 4.79 Å². The zero-order valence-electron chi connectivity index (χ0n) is 24.4. The maximum Gasteiger partial charge on any atom is 0.508 e. The van der Waals surface area contributed by atoms with Crippen LogP contribution in [0.3, 0.4) is 0 Å². The van der Waals surface area contributed by atoms with Gasteiger partial charge in [-0.25, -0.2) is 9.59 Å². The van der Waals surface area contributed by atoms with Crippen molar-refractivity contribution in [2.45, 2.75) is 83.3 Å². The van der Waals surface area contributed by atoms with Crippen LogP contribution in [0.5, 0.6) is 0 Å². The minimum Gasteiger partial charge on any atom is -0.454 e. The molecule has 0 N–H and O–H groups in total. The van der Waals surface area contributed by atoms with Crippen molar-refractivity contribution in [3.05, 3.63) is 25.3 Å². The zero-order chi connectivity index (χ0) is 30.3. The Labute approximate surface area is 237 Å². The highest BCUT2D eigenvalue weighted by Gasteiger charge is 2.61. The molecule has 2 saturated heterocycles. The molecule has 0 aromatic heterocycles.